The van der Waals surface area contributed by atoms with E-state index in [1.807, 2.05) is 0 Å². The molecule has 0 atom stereocenters. The minimum absolute atomic E-state index is 0.135. The number of hydrogen-bond acceptors (Lipinski definition) is 3. The zero-order valence-electron chi connectivity index (χ0n) is 8.77. The van der Waals surface area contributed by atoms with E-state index in [0.717, 1.165) is 32.2 Å². The number of ether oxygens (including phenoxy) is 1. The Kier molecular flexibility index (Phi) is 9.10. The molecule has 0 spiro atoms. The Morgan fingerprint density at radius 2 is 2.00 bits per heavy atom. The summed E-state index contributed by atoms with van der Waals surface area (Å²) < 4.78 is 4.99. The standard InChI is InChI=1S/C10H21NO2/c1-3-5-6-8-13-10(12)9-11-7-4-2/h11H,3-9H2,1-2H3. The van der Waals surface area contributed by atoms with Crippen molar-refractivity contribution in [2.45, 2.75) is 39.5 Å². The van der Waals surface area contributed by atoms with Crippen molar-refractivity contribution in [2.75, 3.05) is 19.7 Å². The van der Waals surface area contributed by atoms with Crippen LogP contribution < -0.4 is 5.32 Å². The fourth-order valence-corrected chi connectivity index (χ4v) is 0.956. The van der Waals surface area contributed by atoms with E-state index in [-0.39, 0.29) is 5.97 Å². The third kappa shape index (κ3) is 9.34. The lowest BCUT2D eigenvalue weighted by Gasteiger charge is -2.04. The van der Waals surface area contributed by atoms with Gasteiger partial charge in [0.2, 0.25) is 0 Å². The van der Waals surface area contributed by atoms with E-state index in [1.54, 1.807) is 0 Å². The largest absolute Gasteiger partial charge is 0.465 e. The van der Waals surface area contributed by atoms with Crippen LogP contribution in [0.1, 0.15) is 39.5 Å². The highest BCUT2D eigenvalue weighted by Crippen LogP contribution is 1.93. The molecule has 0 fully saturated rings. The van der Waals surface area contributed by atoms with E-state index in [1.165, 1.54) is 0 Å². The normalized spacial score (nSPS) is 10.0. The lowest BCUT2D eigenvalue weighted by atomic mass is 10.3. The van der Waals surface area contributed by atoms with Gasteiger partial charge in [0.15, 0.2) is 0 Å². The van der Waals surface area contributed by atoms with Gasteiger partial charge < -0.3 is 10.1 Å². The Morgan fingerprint density at radius 1 is 1.23 bits per heavy atom. The number of carbonyl (C=O) groups excluding carboxylic acids is 1. The summed E-state index contributed by atoms with van der Waals surface area (Å²) in [5, 5.41) is 3.00. The van der Waals surface area contributed by atoms with Gasteiger partial charge in [-0.1, -0.05) is 26.7 Å². The van der Waals surface area contributed by atoms with Gasteiger partial charge in [-0.2, -0.15) is 0 Å². The van der Waals surface area contributed by atoms with Crippen LogP contribution in [0.5, 0.6) is 0 Å². The van der Waals surface area contributed by atoms with Crippen LogP contribution in [-0.2, 0) is 9.53 Å². The van der Waals surface area contributed by atoms with Crippen LogP contribution >= 0.6 is 0 Å². The second kappa shape index (κ2) is 9.52. The highest BCUT2D eigenvalue weighted by molar-refractivity contribution is 5.71. The number of nitrogens with one attached hydrogen (secondary N) is 1. The Labute approximate surface area is 80.8 Å². The lowest BCUT2D eigenvalue weighted by molar-refractivity contribution is -0.142. The fraction of sp³-hybridized carbons (Fsp3) is 0.900. The Balaban J connectivity index is 3.11. The van der Waals surface area contributed by atoms with Crippen molar-refractivity contribution >= 4 is 5.97 Å². The van der Waals surface area contributed by atoms with Crippen LogP contribution in [-0.4, -0.2) is 25.7 Å². The summed E-state index contributed by atoms with van der Waals surface area (Å²) in [6.45, 7) is 5.99. The van der Waals surface area contributed by atoms with Crippen molar-refractivity contribution < 1.29 is 9.53 Å². The first-order chi connectivity index (χ1) is 6.31. The fourth-order valence-electron chi connectivity index (χ4n) is 0.956. The Hall–Kier alpha value is -0.570. The molecule has 3 nitrogen and oxygen atoms in total. The summed E-state index contributed by atoms with van der Waals surface area (Å²) in [6.07, 6.45) is 4.32. The van der Waals surface area contributed by atoms with Gasteiger partial charge in [0.05, 0.1) is 13.2 Å². The van der Waals surface area contributed by atoms with E-state index >= 15 is 0 Å². The van der Waals surface area contributed by atoms with Crippen molar-refractivity contribution in [1.82, 2.24) is 5.32 Å². The second-order valence-electron chi connectivity index (χ2n) is 3.10. The van der Waals surface area contributed by atoms with Crippen molar-refractivity contribution in [1.29, 1.82) is 0 Å². The van der Waals surface area contributed by atoms with Crippen LogP contribution in [0.25, 0.3) is 0 Å². The molecule has 0 radical (unpaired) electrons. The maximum atomic E-state index is 11.0. The van der Waals surface area contributed by atoms with E-state index in [9.17, 15) is 4.79 Å². The predicted octanol–water partition coefficient (Wildman–Crippen LogP) is 1.72. The van der Waals surface area contributed by atoms with Crippen LogP contribution in [0.3, 0.4) is 0 Å². The molecule has 0 saturated carbocycles. The minimum atomic E-state index is -0.135. The second-order valence-corrected chi connectivity index (χ2v) is 3.10. The van der Waals surface area contributed by atoms with Crippen LogP contribution in [0.4, 0.5) is 0 Å². The van der Waals surface area contributed by atoms with Crippen LogP contribution in [0.15, 0.2) is 0 Å². The quantitative estimate of drug-likeness (QED) is 0.464. The summed E-state index contributed by atoms with van der Waals surface area (Å²) in [7, 11) is 0. The van der Waals surface area contributed by atoms with E-state index in [2.05, 4.69) is 19.2 Å². The van der Waals surface area contributed by atoms with E-state index < -0.39 is 0 Å². The number of esters is 1. The number of carbonyl (C=O) groups is 1. The molecule has 0 heterocycles. The third-order valence-electron chi connectivity index (χ3n) is 1.71. The molecule has 0 aliphatic carbocycles. The Bertz CT molecular complexity index is 126. The van der Waals surface area contributed by atoms with Gasteiger partial charge in [0.1, 0.15) is 0 Å². The van der Waals surface area contributed by atoms with Gasteiger partial charge in [-0.15, -0.1) is 0 Å². The van der Waals surface area contributed by atoms with Gasteiger partial charge in [0.25, 0.3) is 0 Å². The van der Waals surface area contributed by atoms with Gasteiger partial charge in [-0.25, -0.2) is 0 Å². The summed E-state index contributed by atoms with van der Waals surface area (Å²) >= 11 is 0. The molecule has 0 aliphatic rings. The molecule has 0 amide bonds. The monoisotopic (exact) mass is 187 g/mol. The average molecular weight is 187 g/mol. The molecular weight excluding hydrogens is 166 g/mol. The number of hydrogen-bond donors (Lipinski definition) is 1. The molecule has 0 bridgehead atoms. The molecule has 13 heavy (non-hydrogen) atoms. The third-order valence-corrected chi connectivity index (χ3v) is 1.71. The lowest BCUT2D eigenvalue weighted by Crippen LogP contribution is -2.25. The van der Waals surface area contributed by atoms with Gasteiger partial charge in [-0.05, 0) is 19.4 Å². The van der Waals surface area contributed by atoms with Crippen LogP contribution in [0.2, 0.25) is 0 Å². The number of rotatable bonds is 8. The smallest absolute Gasteiger partial charge is 0.319 e. The van der Waals surface area contributed by atoms with Gasteiger partial charge in [-0.3, -0.25) is 4.79 Å². The van der Waals surface area contributed by atoms with Gasteiger partial charge in [0, 0.05) is 0 Å². The predicted molar refractivity (Wildman–Crippen MR) is 53.6 cm³/mol. The average Bonchev–Trinajstić information content (AvgIpc) is 2.13. The Morgan fingerprint density at radius 3 is 2.62 bits per heavy atom. The first-order valence-corrected chi connectivity index (χ1v) is 5.17. The molecule has 0 aromatic heterocycles. The maximum Gasteiger partial charge on any atom is 0.319 e. The molecule has 1 N–H and O–H groups in total. The molecule has 0 aromatic carbocycles. The summed E-state index contributed by atoms with van der Waals surface area (Å²) in [5.74, 6) is -0.135. The highest BCUT2D eigenvalue weighted by Gasteiger charge is 1.99. The topological polar surface area (TPSA) is 38.3 Å². The van der Waals surface area contributed by atoms with E-state index in [0.29, 0.717) is 13.2 Å². The molecular formula is C10H21NO2. The highest BCUT2D eigenvalue weighted by atomic mass is 16.5. The van der Waals surface area contributed by atoms with Gasteiger partial charge >= 0.3 is 5.97 Å². The molecule has 0 aliphatic heterocycles. The first kappa shape index (κ1) is 12.4. The molecule has 0 rings (SSSR count). The molecule has 3 heteroatoms. The summed E-state index contributed by atoms with van der Waals surface area (Å²) in [5.41, 5.74) is 0. The van der Waals surface area contributed by atoms with Crippen molar-refractivity contribution in [2.24, 2.45) is 0 Å². The number of unbranched alkanes of at least 4 members (excludes halogenated alkanes) is 2. The molecule has 0 unspecified atom stereocenters. The van der Waals surface area contributed by atoms with Crippen molar-refractivity contribution in [3.8, 4) is 0 Å². The van der Waals surface area contributed by atoms with Crippen molar-refractivity contribution in [3.63, 3.8) is 0 Å². The maximum absolute atomic E-state index is 11.0. The zero-order valence-corrected chi connectivity index (χ0v) is 8.77. The zero-order chi connectivity index (χ0) is 9.94. The SMILES string of the molecule is CCCCCOC(=O)CNCCC. The molecule has 0 aromatic rings. The summed E-state index contributed by atoms with van der Waals surface area (Å²) in [6, 6.07) is 0. The van der Waals surface area contributed by atoms with Crippen molar-refractivity contribution in [3.05, 3.63) is 0 Å². The molecule has 0 saturated heterocycles. The first-order valence-electron chi connectivity index (χ1n) is 5.17. The summed E-state index contributed by atoms with van der Waals surface area (Å²) in [4.78, 5) is 11.0. The van der Waals surface area contributed by atoms with Crippen LogP contribution in [0, 0.1) is 0 Å². The minimum Gasteiger partial charge on any atom is -0.465 e. The molecule has 78 valence electrons. The van der Waals surface area contributed by atoms with E-state index in [4.69, 9.17) is 4.74 Å².